The van der Waals surface area contributed by atoms with Crippen LogP contribution in [-0.4, -0.2) is 52.3 Å². The van der Waals surface area contributed by atoms with Gasteiger partial charge in [0.15, 0.2) is 0 Å². The minimum Gasteiger partial charge on any atom is -0.465 e. The Bertz CT molecular complexity index is 534. The van der Waals surface area contributed by atoms with Crippen LogP contribution in [0.3, 0.4) is 0 Å². The molecule has 2 aliphatic heterocycles. The first-order valence-electron chi connectivity index (χ1n) is 7.37. The lowest BCUT2D eigenvalue weighted by Crippen LogP contribution is -2.61. The van der Waals surface area contributed by atoms with Crippen LogP contribution in [0.15, 0.2) is 30.3 Å². The minimum atomic E-state index is -0.956. The van der Waals surface area contributed by atoms with Crippen molar-refractivity contribution < 1.29 is 14.3 Å². The normalized spacial score (nSPS) is 29.7. The van der Waals surface area contributed by atoms with Gasteiger partial charge >= 0.3 is 6.09 Å². The van der Waals surface area contributed by atoms with E-state index in [9.17, 15) is 14.3 Å². The standard InChI is InChI=1S/C16H21FN2O2/c1-16(2,11-6-4-3-5-7-11)19-12-8-13(17)14(19)10-18(9-12)15(20)21/h3-7,12-14H,8-10H2,1-2H3,(H,20,21). The van der Waals surface area contributed by atoms with Gasteiger partial charge < -0.3 is 10.0 Å². The number of carboxylic acid groups (broad SMARTS) is 1. The smallest absolute Gasteiger partial charge is 0.407 e. The van der Waals surface area contributed by atoms with E-state index in [-0.39, 0.29) is 24.2 Å². The van der Waals surface area contributed by atoms with Gasteiger partial charge in [-0.3, -0.25) is 4.90 Å². The summed E-state index contributed by atoms with van der Waals surface area (Å²) in [6, 6.07) is 9.64. The summed E-state index contributed by atoms with van der Waals surface area (Å²) in [5.41, 5.74) is 0.833. The Morgan fingerprint density at radius 1 is 1.29 bits per heavy atom. The van der Waals surface area contributed by atoms with Crippen LogP contribution in [0.4, 0.5) is 9.18 Å². The van der Waals surface area contributed by atoms with E-state index in [4.69, 9.17) is 0 Å². The number of rotatable bonds is 2. The SMILES string of the molecule is CC(C)(c1ccccc1)N1C2CC(F)C1CN(C(=O)O)C2. The summed E-state index contributed by atoms with van der Waals surface area (Å²) < 4.78 is 14.4. The molecule has 0 spiro atoms. The number of hydrogen-bond acceptors (Lipinski definition) is 2. The molecule has 0 aromatic heterocycles. The minimum absolute atomic E-state index is 0.0509. The number of nitrogens with zero attached hydrogens (tertiary/aromatic N) is 2. The molecule has 0 saturated carbocycles. The number of halogens is 1. The van der Waals surface area contributed by atoms with Crippen molar-refractivity contribution in [2.45, 2.75) is 44.1 Å². The second-order valence-corrected chi connectivity index (χ2v) is 6.49. The highest BCUT2D eigenvalue weighted by atomic mass is 19.1. The predicted octanol–water partition coefficient (Wildman–Crippen LogP) is 2.70. The topological polar surface area (TPSA) is 43.8 Å². The lowest BCUT2D eigenvalue weighted by molar-refractivity contribution is -0.0127. The zero-order chi connectivity index (χ0) is 15.2. The fourth-order valence-corrected chi connectivity index (χ4v) is 3.92. The summed E-state index contributed by atoms with van der Waals surface area (Å²) in [6.07, 6.45) is -1.48. The van der Waals surface area contributed by atoms with Crippen molar-refractivity contribution in [3.63, 3.8) is 0 Å². The molecule has 1 aromatic carbocycles. The maximum absolute atomic E-state index is 14.4. The number of benzene rings is 1. The van der Waals surface area contributed by atoms with Crippen molar-refractivity contribution in [2.24, 2.45) is 0 Å². The molecule has 1 amide bonds. The highest BCUT2D eigenvalue weighted by Crippen LogP contribution is 2.42. The van der Waals surface area contributed by atoms with E-state index in [1.54, 1.807) is 0 Å². The molecule has 2 fully saturated rings. The van der Waals surface area contributed by atoms with Crippen LogP contribution in [0.2, 0.25) is 0 Å². The molecule has 2 heterocycles. The summed E-state index contributed by atoms with van der Waals surface area (Å²) in [5, 5.41) is 9.18. The fourth-order valence-electron chi connectivity index (χ4n) is 3.92. The van der Waals surface area contributed by atoms with Gasteiger partial charge in [0.1, 0.15) is 6.17 Å². The van der Waals surface area contributed by atoms with E-state index in [0.29, 0.717) is 13.0 Å². The zero-order valence-electron chi connectivity index (χ0n) is 12.4. The number of alkyl halides is 1. The quantitative estimate of drug-likeness (QED) is 0.911. The van der Waals surface area contributed by atoms with Crippen molar-refractivity contribution >= 4 is 6.09 Å². The highest BCUT2D eigenvalue weighted by molar-refractivity contribution is 5.65. The third-order valence-electron chi connectivity index (χ3n) is 4.90. The van der Waals surface area contributed by atoms with Crippen LogP contribution in [0.25, 0.3) is 0 Å². The molecular formula is C16H21FN2O2. The van der Waals surface area contributed by atoms with Gasteiger partial charge in [-0.2, -0.15) is 0 Å². The lowest BCUT2D eigenvalue weighted by Gasteiger charge is -2.48. The van der Waals surface area contributed by atoms with E-state index < -0.39 is 12.3 Å². The number of piperazine rings is 1. The summed E-state index contributed by atoms with van der Waals surface area (Å²) >= 11 is 0. The van der Waals surface area contributed by atoms with Crippen molar-refractivity contribution in [1.29, 1.82) is 0 Å². The van der Waals surface area contributed by atoms with E-state index in [1.807, 2.05) is 18.2 Å². The molecule has 3 rings (SSSR count). The molecule has 3 unspecified atom stereocenters. The van der Waals surface area contributed by atoms with E-state index in [0.717, 1.165) is 5.56 Å². The second kappa shape index (κ2) is 4.98. The van der Waals surface area contributed by atoms with Crippen LogP contribution in [0.5, 0.6) is 0 Å². The molecule has 1 aromatic rings. The van der Waals surface area contributed by atoms with Crippen molar-refractivity contribution in [2.75, 3.05) is 13.1 Å². The highest BCUT2D eigenvalue weighted by Gasteiger charge is 2.52. The van der Waals surface area contributed by atoms with Crippen LogP contribution >= 0.6 is 0 Å². The summed E-state index contributed by atoms with van der Waals surface area (Å²) in [4.78, 5) is 14.7. The van der Waals surface area contributed by atoms with Crippen LogP contribution in [0.1, 0.15) is 25.8 Å². The van der Waals surface area contributed by atoms with Crippen molar-refractivity contribution in [1.82, 2.24) is 9.80 Å². The molecule has 0 radical (unpaired) electrons. The molecule has 2 aliphatic rings. The van der Waals surface area contributed by atoms with E-state index in [2.05, 4.69) is 30.9 Å². The van der Waals surface area contributed by atoms with Gasteiger partial charge in [-0.25, -0.2) is 9.18 Å². The molecule has 21 heavy (non-hydrogen) atoms. The first-order chi connectivity index (χ1) is 9.91. The molecule has 114 valence electrons. The summed E-state index contributed by atoms with van der Waals surface area (Å²) in [5.74, 6) is 0. The Balaban J connectivity index is 1.91. The summed E-state index contributed by atoms with van der Waals surface area (Å²) in [7, 11) is 0. The number of hydrogen-bond donors (Lipinski definition) is 1. The van der Waals surface area contributed by atoms with Gasteiger partial charge in [-0.15, -0.1) is 0 Å². The molecule has 1 N–H and O–H groups in total. The Morgan fingerprint density at radius 3 is 2.52 bits per heavy atom. The largest absolute Gasteiger partial charge is 0.465 e. The third kappa shape index (κ3) is 2.29. The molecule has 0 aliphatic carbocycles. The Labute approximate surface area is 124 Å². The van der Waals surface area contributed by atoms with Gasteiger partial charge in [0.25, 0.3) is 0 Å². The summed E-state index contributed by atoms with van der Waals surface area (Å²) in [6.45, 7) is 4.83. The van der Waals surface area contributed by atoms with Gasteiger partial charge in [0.2, 0.25) is 0 Å². The number of amides is 1. The molecule has 2 saturated heterocycles. The zero-order valence-corrected chi connectivity index (χ0v) is 12.4. The molecular weight excluding hydrogens is 271 g/mol. The van der Waals surface area contributed by atoms with Crippen LogP contribution < -0.4 is 0 Å². The first kappa shape index (κ1) is 14.3. The predicted molar refractivity (Wildman–Crippen MR) is 78.0 cm³/mol. The molecule has 4 nitrogen and oxygen atoms in total. The first-order valence-corrected chi connectivity index (χ1v) is 7.37. The van der Waals surface area contributed by atoms with Gasteiger partial charge in [-0.1, -0.05) is 30.3 Å². The van der Waals surface area contributed by atoms with Gasteiger partial charge in [-0.05, 0) is 25.8 Å². The number of fused-ring (bicyclic) bond motifs is 2. The van der Waals surface area contributed by atoms with E-state index in [1.165, 1.54) is 4.90 Å². The second-order valence-electron chi connectivity index (χ2n) is 6.49. The van der Waals surface area contributed by atoms with Crippen molar-refractivity contribution in [3.05, 3.63) is 35.9 Å². The molecule has 3 atom stereocenters. The van der Waals surface area contributed by atoms with Crippen molar-refractivity contribution in [3.8, 4) is 0 Å². The van der Waals surface area contributed by atoms with Crippen LogP contribution in [-0.2, 0) is 5.54 Å². The van der Waals surface area contributed by atoms with Gasteiger partial charge in [0.05, 0.1) is 6.04 Å². The molecule has 5 heteroatoms. The molecule has 2 bridgehead atoms. The lowest BCUT2D eigenvalue weighted by atomic mass is 9.89. The monoisotopic (exact) mass is 292 g/mol. The average molecular weight is 292 g/mol. The average Bonchev–Trinajstić information content (AvgIpc) is 2.67. The Morgan fingerprint density at radius 2 is 1.95 bits per heavy atom. The third-order valence-corrected chi connectivity index (χ3v) is 4.90. The maximum atomic E-state index is 14.4. The fraction of sp³-hybridized carbons (Fsp3) is 0.562. The Hall–Kier alpha value is -1.62. The van der Waals surface area contributed by atoms with Crippen LogP contribution in [0, 0.1) is 0 Å². The number of carbonyl (C=O) groups is 1. The van der Waals surface area contributed by atoms with E-state index >= 15 is 0 Å². The number of likely N-dealkylation sites (tertiary alicyclic amines) is 1. The van der Waals surface area contributed by atoms with Gasteiger partial charge in [0, 0.05) is 24.7 Å². The maximum Gasteiger partial charge on any atom is 0.407 e. The Kier molecular flexibility index (Phi) is 3.40.